The van der Waals surface area contributed by atoms with Gasteiger partial charge in [0.1, 0.15) is 0 Å². The first-order valence-corrected chi connectivity index (χ1v) is 28.4. The fraction of sp³-hybridized carbons (Fsp3) is 0.930. The highest BCUT2D eigenvalue weighted by Gasteiger charge is 2.15. The number of rotatable bonds is 51. The lowest BCUT2D eigenvalue weighted by molar-refractivity contribution is -0.145. The van der Waals surface area contributed by atoms with Crippen molar-refractivity contribution < 1.29 is 19.4 Å². The molecule has 7 nitrogen and oxygen atoms in total. The van der Waals surface area contributed by atoms with Gasteiger partial charge >= 0.3 is 5.97 Å². The van der Waals surface area contributed by atoms with Gasteiger partial charge in [-0.05, 0) is 90.1 Å². The van der Waals surface area contributed by atoms with Crippen LogP contribution in [0.4, 0.5) is 0 Å². The standard InChI is InChI=1S/C57H113N3O4/c1-7-11-15-19-23-29-37-54(38-30-24-20-16-12-8-2)51-58-56(62)41-33-27-35-44-59(46-43-53(5)6)47-48-60(49-50-61)45-36-28-34-42-57(63)64-52-55(39-31-25-21-17-13-9-3)40-32-26-22-18-14-10-4/h43,54-55,61H,7-42,44-52H2,1-6H3,(H,58,62). The number of unbranched alkanes of at least 4 members (excludes halogenated alkanes) is 24. The van der Waals surface area contributed by atoms with Crippen molar-refractivity contribution in [3.05, 3.63) is 11.6 Å². The van der Waals surface area contributed by atoms with Crippen molar-refractivity contribution in [1.82, 2.24) is 15.1 Å². The lowest BCUT2D eigenvalue weighted by Crippen LogP contribution is -2.37. The van der Waals surface area contributed by atoms with Crippen LogP contribution in [0.25, 0.3) is 0 Å². The normalized spacial score (nSPS) is 11.7. The molecule has 0 rings (SSSR count). The third-order valence-corrected chi connectivity index (χ3v) is 13.6. The van der Waals surface area contributed by atoms with Gasteiger partial charge in [0.15, 0.2) is 0 Å². The molecule has 380 valence electrons. The van der Waals surface area contributed by atoms with Crippen LogP contribution in [0.2, 0.25) is 0 Å². The van der Waals surface area contributed by atoms with E-state index in [0.29, 0.717) is 37.8 Å². The molecule has 0 aliphatic carbocycles. The van der Waals surface area contributed by atoms with E-state index in [9.17, 15) is 14.7 Å². The van der Waals surface area contributed by atoms with Crippen LogP contribution in [0.1, 0.15) is 273 Å². The summed E-state index contributed by atoms with van der Waals surface area (Å²) in [6, 6.07) is 0. The molecule has 0 saturated carbocycles. The largest absolute Gasteiger partial charge is 0.465 e. The van der Waals surface area contributed by atoms with Crippen molar-refractivity contribution in [2.24, 2.45) is 11.8 Å². The van der Waals surface area contributed by atoms with Gasteiger partial charge < -0.3 is 15.2 Å². The zero-order valence-electron chi connectivity index (χ0n) is 44.1. The predicted octanol–water partition coefficient (Wildman–Crippen LogP) is 15.6. The second kappa shape index (κ2) is 49.5. The molecule has 0 bridgehead atoms. The molecule has 64 heavy (non-hydrogen) atoms. The summed E-state index contributed by atoms with van der Waals surface area (Å²) < 4.78 is 5.88. The Labute approximate surface area is 400 Å². The number of ether oxygens (including phenoxy) is 1. The van der Waals surface area contributed by atoms with Crippen LogP contribution in [0.5, 0.6) is 0 Å². The summed E-state index contributed by atoms with van der Waals surface area (Å²) in [4.78, 5) is 30.6. The number of carbonyl (C=O) groups excluding carboxylic acids is 2. The number of nitrogens with one attached hydrogen (secondary N) is 1. The van der Waals surface area contributed by atoms with Crippen molar-refractivity contribution in [3.63, 3.8) is 0 Å². The Morgan fingerprint density at radius 1 is 0.484 bits per heavy atom. The van der Waals surface area contributed by atoms with Crippen LogP contribution >= 0.6 is 0 Å². The first-order chi connectivity index (χ1) is 31.3. The number of nitrogens with zero attached hydrogens (tertiary/aromatic N) is 2. The number of amides is 1. The van der Waals surface area contributed by atoms with Crippen LogP contribution in [0.15, 0.2) is 11.6 Å². The maximum Gasteiger partial charge on any atom is 0.305 e. The van der Waals surface area contributed by atoms with E-state index in [-0.39, 0.29) is 18.5 Å². The average Bonchev–Trinajstić information content (AvgIpc) is 3.28. The first kappa shape index (κ1) is 62.6. The van der Waals surface area contributed by atoms with E-state index in [1.54, 1.807) is 0 Å². The summed E-state index contributed by atoms with van der Waals surface area (Å²) in [5, 5.41) is 13.2. The highest BCUT2D eigenvalue weighted by molar-refractivity contribution is 5.75. The molecule has 0 aliphatic heterocycles. The van der Waals surface area contributed by atoms with Gasteiger partial charge in [-0.2, -0.15) is 0 Å². The molecule has 0 heterocycles. The molecule has 0 aromatic rings. The first-order valence-electron chi connectivity index (χ1n) is 28.4. The molecular formula is C57H113N3O4. The van der Waals surface area contributed by atoms with Crippen LogP contribution in [0, 0.1) is 11.8 Å². The maximum atomic E-state index is 12.9. The summed E-state index contributed by atoms with van der Waals surface area (Å²) in [6.45, 7) is 20.6. The summed E-state index contributed by atoms with van der Waals surface area (Å²) in [7, 11) is 0. The Balaban J connectivity index is 4.65. The number of hydrogen-bond acceptors (Lipinski definition) is 6. The minimum atomic E-state index is -0.0232. The van der Waals surface area contributed by atoms with Gasteiger partial charge in [-0.1, -0.05) is 206 Å². The van der Waals surface area contributed by atoms with Crippen molar-refractivity contribution in [2.45, 2.75) is 273 Å². The zero-order valence-corrected chi connectivity index (χ0v) is 44.1. The smallest absolute Gasteiger partial charge is 0.305 e. The van der Waals surface area contributed by atoms with Gasteiger partial charge in [-0.3, -0.25) is 19.4 Å². The van der Waals surface area contributed by atoms with Gasteiger partial charge in [-0.15, -0.1) is 0 Å². The SMILES string of the molecule is CCCCCCCCC(CCCCCCCC)CNC(=O)CCCCCN(CC=C(C)C)CCN(CCO)CCCCCC(=O)OCC(CCCCCCCC)CCCCCCCC. The van der Waals surface area contributed by atoms with E-state index in [1.807, 2.05) is 0 Å². The maximum absolute atomic E-state index is 12.9. The number of carbonyl (C=O) groups is 2. The topological polar surface area (TPSA) is 82.1 Å². The molecule has 0 atom stereocenters. The fourth-order valence-corrected chi connectivity index (χ4v) is 9.09. The Morgan fingerprint density at radius 2 is 0.891 bits per heavy atom. The molecule has 0 aromatic heterocycles. The summed E-state index contributed by atoms with van der Waals surface area (Å²) >= 11 is 0. The van der Waals surface area contributed by atoms with Crippen molar-refractivity contribution in [2.75, 3.05) is 59.0 Å². The number of aliphatic hydroxyl groups is 1. The molecule has 0 saturated heterocycles. The van der Waals surface area contributed by atoms with Gasteiger partial charge in [0, 0.05) is 45.6 Å². The monoisotopic (exact) mass is 904 g/mol. The Kier molecular flexibility index (Phi) is 48.4. The predicted molar refractivity (Wildman–Crippen MR) is 279 cm³/mol. The fourth-order valence-electron chi connectivity index (χ4n) is 9.09. The summed E-state index contributed by atoms with van der Waals surface area (Å²) in [5.74, 6) is 1.35. The summed E-state index contributed by atoms with van der Waals surface area (Å²) in [6.07, 6.45) is 46.2. The molecule has 0 aromatic carbocycles. The Bertz CT molecular complexity index is 985. The van der Waals surface area contributed by atoms with Gasteiger partial charge in [0.05, 0.1) is 13.2 Å². The third-order valence-electron chi connectivity index (χ3n) is 13.6. The number of esters is 1. The van der Waals surface area contributed by atoms with E-state index < -0.39 is 0 Å². The van der Waals surface area contributed by atoms with Gasteiger partial charge in [0.2, 0.25) is 5.91 Å². The molecule has 0 radical (unpaired) electrons. The van der Waals surface area contributed by atoms with E-state index in [2.05, 4.69) is 62.7 Å². The van der Waals surface area contributed by atoms with Crippen molar-refractivity contribution in [3.8, 4) is 0 Å². The second-order valence-corrected chi connectivity index (χ2v) is 20.2. The number of hydrogen-bond donors (Lipinski definition) is 2. The van der Waals surface area contributed by atoms with Crippen LogP contribution in [0.3, 0.4) is 0 Å². The highest BCUT2D eigenvalue weighted by atomic mass is 16.5. The molecule has 2 N–H and O–H groups in total. The molecule has 0 spiro atoms. The molecule has 0 fully saturated rings. The second-order valence-electron chi connectivity index (χ2n) is 20.2. The average molecular weight is 905 g/mol. The van der Waals surface area contributed by atoms with Crippen LogP contribution in [-0.4, -0.2) is 85.8 Å². The number of allylic oxidation sites excluding steroid dienone is 1. The van der Waals surface area contributed by atoms with E-state index in [1.165, 1.54) is 185 Å². The van der Waals surface area contributed by atoms with Gasteiger partial charge in [-0.25, -0.2) is 0 Å². The molecule has 0 aliphatic rings. The lowest BCUT2D eigenvalue weighted by Gasteiger charge is -2.27. The summed E-state index contributed by atoms with van der Waals surface area (Å²) in [5.41, 5.74) is 1.34. The molecule has 0 unspecified atom stereocenters. The van der Waals surface area contributed by atoms with Crippen LogP contribution < -0.4 is 5.32 Å². The highest BCUT2D eigenvalue weighted by Crippen LogP contribution is 2.21. The number of aliphatic hydroxyl groups excluding tert-OH is 1. The minimum absolute atomic E-state index is 0.0232. The molecule has 7 heteroatoms. The minimum Gasteiger partial charge on any atom is -0.465 e. The van der Waals surface area contributed by atoms with E-state index in [0.717, 1.165) is 77.8 Å². The lowest BCUT2D eigenvalue weighted by atomic mass is 9.94. The zero-order chi connectivity index (χ0) is 47.0. The third kappa shape index (κ3) is 44.4. The van der Waals surface area contributed by atoms with Crippen molar-refractivity contribution in [1.29, 1.82) is 0 Å². The van der Waals surface area contributed by atoms with Gasteiger partial charge in [0.25, 0.3) is 0 Å². The molecular weight excluding hydrogens is 791 g/mol. The molecule has 1 amide bonds. The Hall–Kier alpha value is -1.44. The van der Waals surface area contributed by atoms with Crippen LogP contribution in [-0.2, 0) is 14.3 Å². The quantitative estimate of drug-likeness (QED) is 0.0360. The Morgan fingerprint density at radius 3 is 1.36 bits per heavy atom. The van der Waals surface area contributed by atoms with Crippen molar-refractivity contribution >= 4 is 11.9 Å². The van der Waals surface area contributed by atoms with E-state index >= 15 is 0 Å². The van der Waals surface area contributed by atoms with E-state index in [4.69, 9.17) is 4.74 Å².